The molecule has 12 nitrogen and oxygen atoms in total. The number of likely N-dealkylation sites (tertiary alicyclic amines) is 1. The van der Waals surface area contributed by atoms with E-state index in [0.29, 0.717) is 18.3 Å². The van der Waals surface area contributed by atoms with E-state index < -0.39 is 36.4 Å². The number of carboxylic acid groups (broad SMARTS) is 3. The molecule has 0 spiro atoms. The van der Waals surface area contributed by atoms with Crippen LogP contribution in [0.25, 0.3) is 0 Å². The number of hydrogen-bond donors (Lipinski definition) is 4. The molecule has 0 aromatic carbocycles. The van der Waals surface area contributed by atoms with Crippen molar-refractivity contribution < 1.29 is 78.7 Å². The summed E-state index contributed by atoms with van der Waals surface area (Å²) < 4.78 is 101. The first-order valence-corrected chi connectivity index (χ1v) is 12.9. The fraction of sp³-hybridized carbons (Fsp3) is 0.462. The largest absolute Gasteiger partial charge is 0.490 e. The van der Waals surface area contributed by atoms with Crippen molar-refractivity contribution >= 4 is 29.5 Å². The van der Waals surface area contributed by atoms with Crippen LogP contribution in [0.2, 0.25) is 0 Å². The fourth-order valence-electron chi connectivity index (χ4n) is 4.10. The van der Waals surface area contributed by atoms with E-state index in [0.717, 1.165) is 38.3 Å². The van der Waals surface area contributed by atoms with E-state index >= 15 is 0 Å². The number of fused-ring (bicyclic) bond motifs is 1. The number of nitrogens with zero attached hydrogens (tertiary/aromatic N) is 3. The summed E-state index contributed by atoms with van der Waals surface area (Å²) in [6, 6.07) is 7.77. The second kappa shape index (κ2) is 18.0. The molecule has 4 rings (SSSR count). The van der Waals surface area contributed by atoms with Gasteiger partial charge >= 0.3 is 36.4 Å². The zero-order valence-corrected chi connectivity index (χ0v) is 23.7. The lowest BCUT2D eigenvalue weighted by Gasteiger charge is -2.35. The Balaban J connectivity index is 0.000000430. The van der Waals surface area contributed by atoms with Crippen molar-refractivity contribution in [3.63, 3.8) is 0 Å². The van der Waals surface area contributed by atoms with Crippen LogP contribution in [-0.4, -0.2) is 98.3 Å². The van der Waals surface area contributed by atoms with Crippen LogP contribution in [0, 0.1) is 11.8 Å². The predicted molar refractivity (Wildman–Crippen MR) is 139 cm³/mol. The second-order valence-electron chi connectivity index (χ2n) is 9.58. The molecule has 21 heteroatoms. The van der Waals surface area contributed by atoms with E-state index in [1.807, 2.05) is 30.6 Å². The Morgan fingerprint density at radius 2 is 1.32 bits per heavy atom. The van der Waals surface area contributed by atoms with Gasteiger partial charge in [0.15, 0.2) is 0 Å². The highest BCUT2D eigenvalue weighted by Gasteiger charge is 2.42. The zero-order valence-electron chi connectivity index (χ0n) is 23.7. The highest BCUT2D eigenvalue weighted by molar-refractivity contribution is 5.90. The van der Waals surface area contributed by atoms with Crippen molar-refractivity contribution in [1.82, 2.24) is 14.9 Å². The number of carbonyl (C=O) groups is 4. The molecule has 2 saturated heterocycles. The maximum atomic E-state index is 12.3. The molecule has 2 fully saturated rings. The molecule has 0 saturated carbocycles. The number of nitrogens with one attached hydrogen (secondary N) is 1. The van der Waals surface area contributed by atoms with Crippen LogP contribution >= 0.6 is 0 Å². The Labute approximate surface area is 259 Å². The van der Waals surface area contributed by atoms with Gasteiger partial charge in [-0.05, 0) is 42.6 Å². The maximum absolute atomic E-state index is 12.3. The summed E-state index contributed by atoms with van der Waals surface area (Å²) in [6.07, 6.45) is -6.64. The lowest BCUT2D eigenvalue weighted by atomic mass is 9.83. The lowest BCUT2D eigenvalue weighted by molar-refractivity contribution is -0.193. The highest BCUT2D eigenvalue weighted by atomic mass is 19.4. The van der Waals surface area contributed by atoms with Crippen molar-refractivity contribution in [3.05, 3.63) is 54.6 Å². The van der Waals surface area contributed by atoms with Crippen molar-refractivity contribution in [2.24, 2.45) is 11.8 Å². The van der Waals surface area contributed by atoms with Gasteiger partial charge in [-0.3, -0.25) is 19.7 Å². The average Bonchev–Trinajstić information content (AvgIpc) is 3.35. The minimum absolute atomic E-state index is 0.00133. The Morgan fingerprint density at radius 1 is 0.830 bits per heavy atom. The third-order valence-corrected chi connectivity index (χ3v) is 6.07. The third kappa shape index (κ3) is 16.0. The van der Waals surface area contributed by atoms with Gasteiger partial charge in [0.1, 0.15) is 0 Å². The van der Waals surface area contributed by atoms with Gasteiger partial charge in [-0.1, -0.05) is 6.07 Å². The summed E-state index contributed by atoms with van der Waals surface area (Å²) in [5, 5.41) is 24.3. The number of carbonyl (C=O) groups excluding carboxylic acids is 1. The van der Waals surface area contributed by atoms with E-state index in [-0.39, 0.29) is 12.0 Å². The molecule has 2 aromatic rings. The van der Waals surface area contributed by atoms with Gasteiger partial charge in [0.25, 0.3) is 0 Å². The Morgan fingerprint density at radius 3 is 1.74 bits per heavy atom. The second-order valence-corrected chi connectivity index (χ2v) is 9.58. The van der Waals surface area contributed by atoms with Crippen LogP contribution < -0.4 is 5.32 Å². The topological polar surface area (TPSA) is 179 Å². The number of anilines is 1. The first-order valence-electron chi connectivity index (χ1n) is 12.9. The molecule has 2 aromatic heterocycles. The lowest BCUT2D eigenvalue weighted by Crippen LogP contribution is -2.41. The summed E-state index contributed by atoms with van der Waals surface area (Å²) in [4.78, 5) is 49.7. The van der Waals surface area contributed by atoms with Crippen LogP contribution in [0.4, 0.5) is 45.2 Å². The number of ether oxygens (including phenoxy) is 1. The summed E-state index contributed by atoms with van der Waals surface area (Å²) in [5.41, 5.74) is 1.98. The zero-order chi connectivity index (χ0) is 36.0. The van der Waals surface area contributed by atoms with Crippen LogP contribution in [0.5, 0.6) is 0 Å². The number of halogens is 9. The molecule has 0 radical (unpaired) electrons. The molecular weight excluding hydrogens is 667 g/mol. The number of piperidine rings is 1. The molecular formula is C26H27F9N4O8. The van der Waals surface area contributed by atoms with Crippen LogP contribution in [0.1, 0.15) is 18.4 Å². The number of carboxylic acids is 3. The molecule has 0 unspecified atom stereocenters. The summed E-state index contributed by atoms with van der Waals surface area (Å²) in [7, 11) is 0. The van der Waals surface area contributed by atoms with Gasteiger partial charge < -0.3 is 25.4 Å². The summed E-state index contributed by atoms with van der Waals surface area (Å²) in [5.74, 6) is -7.29. The Hall–Kier alpha value is -4.53. The van der Waals surface area contributed by atoms with Gasteiger partial charge in [0.2, 0.25) is 5.91 Å². The molecule has 47 heavy (non-hydrogen) atoms. The van der Waals surface area contributed by atoms with E-state index in [2.05, 4.69) is 26.3 Å². The van der Waals surface area contributed by atoms with E-state index in [1.54, 1.807) is 12.4 Å². The highest BCUT2D eigenvalue weighted by Crippen LogP contribution is 2.36. The number of rotatable bonds is 5. The molecule has 0 bridgehead atoms. The van der Waals surface area contributed by atoms with E-state index in [1.165, 1.54) is 5.56 Å². The average molecular weight is 695 g/mol. The number of alkyl halides is 9. The van der Waals surface area contributed by atoms with Crippen molar-refractivity contribution in [2.45, 2.75) is 44.0 Å². The van der Waals surface area contributed by atoms with Crippen molar-refractivity contribution in [3.8, 4) is 0 Å². The van der Waals surface area contributed by atoms with Gasteiger partial charge in [-0.15, -0.1) is 0 Å². The van der Waals surface area contributed by atoms with Gasteiger partial charge in [0.05, 0.1) is 31.0 Å². The van der Waals surface area contributed by atoms with Crippen LogP contribution in [0.15, 0.2) is 49.1 Å². The van der Waals surface area contributed by atoms with Crippen LogP contribution in [-0.2, 0) is 30.5 Å². The molecule has 2 aliphatic heterocycles. The SMILES string of the molecule is O=C(C[C@@H]1OC[C@H]2CN(Cc3cccnc3)CC[C@H]21)Nc1cccnc1.O=C(O)C(F)(F)F.O=C(O)C(F)(F)F.O=C(O)C(F)(F)F. The summed E-state index contributed by atoms with van der Waals surface area (Å²) >= 11 is 0. The maximum Gasteiger partial charge on any atom is 0.490 e. The summed E-state index contributed by atoms with van der Waals surface area (Å²) in [6.45, 7) is 3.75. The van der Waals surface area contributed by atoms with E-state index in [9.17, 15) is 44.3 Å². The Kier molecular flexibility index (Phi) is 15.5. The number of amides is 1. The van der Waals surface area contributed by atoms with E-state index in [4.69, 9.17) is 34.4 Å². The molecule has 262 valence electrons. The molecule has 4 heterocycles. The smallest absolute Gasteiger partial charge is 0.475 e. The Bertz CT molecular complexity index is 1240. The molecule has 3 atom stereocenters. The van der Waals surface area contributed by atoms with Gasteiger partial charge in [-0.2, -0.15) is 39.5 Å². The first kappa shape index (κ1) is 40.5. The van der Waals surface area contributed by atoms with Gasteiger partial charge in [-0.25, -0.2) is 14.4 Å². The molecule has 2 aliphatic rings. The molecule has 4 N–H and O–H groups in total. The number of pyridine rings is 2. The predicted octanol–water partition coefficient (Wildman–Crippen LogP) is 4.24. The first-order chi connectivity index (χ1) is 21.6. The monoisotopic (exact) mass is 694 g/mol. The van der Waals surface area contributed by atoms with Gasteiger partial charge in [0, 0.05) is 37.6 Å². The number of hydrogen-bond acceptors (Lipinski definition) is 8. The van der Waals surface area contributed by atoms with Crippen LogP contribution in [0.3, 0.4) is 0 Å². The number of aliphatic carboxylic acids is 3. The normalized spacial score (nSPS) is 19.2. The number of aromatic nitrogens is 2. The minimum atomic E-state index is -5.08. The fourth-order valence-corrected chi connectivity index (χ4v) is 4.10. The standard InChI is InChI=1S/C20H24N4O2.3C2HF3O2/c25-20(23-17-4-2-7-22-11-17)9-19-18-5-8-24(13-16(18)14-26-19)12-15-3-1-6-21-10-15;3*3-2(4,5)1(6)7/h1-4,6-7,10-11,16,18-19H,5,8-9,12-14H2,(H,23,25);3*(H,6,7)/t16-,18-,19+;;;/m1.../s1. The quantitative estimate of drug-likeness (QED) is 0.329. The third-order valence-electron chi connectivity index (χ3n) is 6.07. The molecule has 0 aliphatic carbocycles. The van der Waals surface area contributed by atoms with Crippen molar-refractivity contribution in [1.29, 1.82) is 0 Å². The molecule has 1 amide bonds. The minimum Gasteiger partial charge on any atom is -0.475 e. The van der Waals surface area contributed by atoms with Crippen molar-refractivity contribution in [2.75, 3.05) is 25.0 Å².